The molecule has 0 aliphatic carbocycles. The van der Waals surface area contributed by atoms with E-state index in [-0.39, 0.29) is 26.4 Å². The van der Waals surface area contributed by atoms with E-state index in [1.54, 1.807) is 0 Å². The molecule has 0 fully saturated rings. The molecule has 0 aromatic rings. The van der Waals surface area contributed by atoms with E-state index in [0.717, 1.165) is 13.2 Å². The molecule has 0 heterocycles. The Kier molecular flexibility index (Phi) is 11.3. The zero-order chi connectivity index (χ0) is 11.0. The molecule has 0 bridgehead atoms. The average molecular weight is 251 g/mol. The Balaban J connectivity index is 0. The highest BCUT2D eigenvalue weighted by molar-refractivity contribution is 6.36. The van der Waals surface area contributed by atoms with E-state index in [1.165, 1.54) is 12.5 Å². The molecular weight excluding hydrogens is 220 g/mol. The zero-order valence-corrected chi connectivity index (χ0v) is 11.8. The second kappa shape index (κ2) is 9.57. The maximum atomic E-state index is 5.54. The summed E-state index contributed by atoms with van der Waals surface area (Å²) < 4.78 is 11.1. The lowest BCUT2D eigenvalue weighted by Gasteiger charge is -2.20. The number of hydrogen-bond acceptors (Lipinski definition) is 2. The zero-order valence-electron chi connectivity index (χ0n) is 10.4. The van der Waals surface area contributed by atoms with Crippen LogP contribution in [0.15, 0.2) is 0 Å². The molecule has 0 aromatic heterocycles. The summed E-state index contributed by atoms with van der Waals surface area (Å²) in [5, 5.41) is 0. The van der Waals surface area contributed by atoms with Crippen molar-refractivity contribution in [1.82, 2.24) is 0 Å². The molecule has 0 aliphatic heterocycles. The molecule has 0 aromatic carbocycles. The van der Waals surface area contributed by atoms with Crippen molar-refractivity contribution in [3.05, 3.63) is 0 Å². The lowest BCUT2D eigenvalue weighted by atomic mass is 9.94. The molecule has 0 atom stereocenters. The van der Waals surface area contributed by atoms with Gasteiger partial charge in [0.25, 0.3) is 0 Å². The van der Waals surface area contributed by atoms with Crippen LogP contribution in [0.5, 0.6) is 0 Å². The molecular formula is C11H30O2Si2. The highest BCUT2D eigenvalue weighted by Gasteiger charge is 2.13. The summed E-state index contributed by atoms with van der Waals surface area (Å²) in [7, 11) is -0.221. The maximum absolute atomic E-state index is 5.54. The van der Waals surface area contributed by atoms with Crippen LogP contribution in [0.2, 0.25) is 6.04 Å². The first kappa shape index (κ1) is 17.7. The predicted molar refractivity (Wildman–Crippen MR) is 75.8 cm³/mol. The summed E-state index contributed by atoms with van der Waals surface area (Å²) in [6.45, 7) is 12.5. The van der Waals surface area contributed by atoms with Gasteiger partial charge in [0.2, 0.25) is 0 Å². The van der Waals surface area contributed by atoms with Crippen LogP contribution in [0.4, 0.5) is 0 Å². The molecule has 0 spiro atoms. The molecule has 0 unspecified atom stereocenters. The van der Waals surface area contributed by atoms with Crippen LogP contribution >= 0.6 is 0 Å². The fourth-order valence-electron chi connectivity index (χ4n) is 1.39. The Morgan fingerprint density at radius 1 is 1.07 bits per heavy atom. The Labute approximate surface area is 102 Å². The van der Waals surface area contributed by atoms with Gasteiger partial charge in [-0.2, -0.15) is 0 Å². The molecule has 0 saturated carbocycles. The van der Waals surface area contributed by atoms with Gasteiger partial charge in [-0.05, 0) is 30.2 Å². The van der Waals surface area contributed by atoms with Gasteiger partial charge in [-0.25, -0.2) is 0 Å². The summed E-state index contributed by atoms with van der Waals surface area (Å²) in [5.41, 5.74) is 0.454. The highest BCUT2D eigenvalue weighted by Crippen LogP contribution is 2.20. The quantitative estimate of drug-likeness (QED) is 0.494. The smallest absolute Gasteiger partial charge is 0.134 e. The van der Waals surface area contributed by atoms with Crippen LogP contribution in [0, 0.1) is 5.41 Å². The van der Waals surface area contributed by atoms with Crippen LogP contribution in [0.1, 0.15) is 41.0 Å². The minimum Gasteiger partial charge on any atom is -0.357 e. The highest BCUT2D eigenvalue weighted by atomic mass is 28.2. The van der Waals surface area contributed by atoms with Crippen molar-refractivity contribution < 1.29 is 9.47 Å². The van der Waals surface area contributed by atoms with E-state index >= 15 is 0 Å². The lowest BCUT2D eigenvalue weighted by Crippen LogP contribution is -2.25. The largest absolute Gasteiger partial charge is 0.357 e. The molecule has 0 rings (SSSR count). The van der Waals surface area contributed by atoms with E-state index in [4.69, 9.17) is 9.47 Å². The first-order chi connectivity index (χ1) is 6.49. The third kappa shape index (κ3) is 12.3. The van der Waals surface area contributed by atoms with Crippen molar-refractivity contribution in [2.45, 2.75) is 53.0 Å². The molecule has 0 saturated heterocycles. The first-order valence-electron chi connectivity index (χ1n) is 5.72. The Bertz CT molecular complexity index is 129. The van der Waals surface area contributed by atoms with Crippen LogP contribution in [0.25, 0.3) is 0 Å². The number of hydrogen-bond donors (Lipinski definition) is 0. The summed E-state index contributed by atoms with van der Waals surface area (Å²) in [6.07, 6.45) is 1.29. The van der Waals surface area contributed by atoms with Crippen LogP contribution < -0.4 is 0 Å². The molecule has 0 amide bonds. The Morgan fingerprint density at radius 3 is 1.87 bits per heavy atom. The van der Waals surface area contributed by atoms with E-state index in [2.05, 4.69) is 20.8 Å². The van der Waals surface area contributed by atoms with E-state index in [1.807, 2.05) is 13.8 Å². The normalized spacial score (nSPS) is 12.4. The second-order valence-electron chi connectivity index (χ2n) is 4.79. The van der Waals surface area contributed by atoms with Crippen molar-refractivity contribution in [3.63, 3.8) is 0 Å². The standard InChI is InChI=1S/C11H26O2Si.H4Si/c1-6-12-10(13-7-2)14-9-8-11(3,4)5;/h10H,6-9,14H2,1-5H3;1H4. The van der Waals surface area contributed by atoms with Gasteiger partial charge >= 0.3 is 0 Å². The molecule has 4 heteroatoms. The third-order valence-electron chi connectivity index (χ3n) is 2.07. The minimum atomic E-state index is -0.221. The van der Waals surface area contributed by atoms with Gasteiger partial charge in [0.05, 0.1) is 9.52 Å². The Morgan fingerprint density at radius 2 is 1.53 bits per heavy atom. The van der Waals surface area contributed by atoms with Gasteiger partial charge in [0, 0.05) is 13.2 Å². The monoisotopic (exact) mass is 250 g/mol. The van der Waals surface area contributed by atoms with Gasteiger partial charge in [-0.3, -0.25) is 0 Å². The van der Waals surface area contributed by atoms with E-state index in [0.29, 0.717) is 5.41 Å². The molecule has 0 radical (unpaired) electrons. The van der Waals surface area contributed by atoms with E-state index in [9.17, 15) is 0 Å². The van der Waals surface area contributed by atoms with Gasteiger partial charge in [0.1, 0.15) is 5.91 Å². The van der Waals surface area contributed by atoms with Crippen LogP contribution in [0.3, 0.4) is 0 Å². The fraction of sp³-hybridized carbons (Fsp3) is 1.00. The van der Waals surface area contributed by atoms with Gasteiger partial charge < -0.3 is 9.47 Å². The lowest BCUT2D eigenvalue weighted by molar-refractivity contribution is -0.0828. The van der Waals surface area contributed by atoms with Crippen molar-refractivity contribution in [3.8, 4) is 0 Å². The molecule has 0 aliphatic rings. The molecule has 94 valence electrons. The SMILES string of the molecule is CCOC(OCC)[SiH2]CCC(C)(C)C.[SiH4]. The second-order valence-corrected chi connectivity index (χ2v) is 6.74. The summed E-state index contributed by atoms with van der Waals surface area (Å²) in [4.78, 5) is 0. The summed E-state index contributed by atoms with van der Waals surface area (Å²) in [5.74, 6) is 0.146. The summed E-state index contributed by atoms with van der Waals surface area (Å²) >= 11 is 0. The first-order valence-corrected chi connectivity index (χ1v) is 7.54. The van der Waals surface area contributed by atoms with Crippen molar-refractivity contribution >= 4 is 20.5 Å². The predicted octanol–water partition coefficient (Wildman–Crippen LogP) is 0.915. The summed E-state index contributed by atoms with van der Waals surface area (Å²) in [6, 6.07) is 1.31. The van der Waals surface area contributed by atoms with Gasteiger partial charge in [-0.15, -0.1) is 0 Å². The van der Waals surface area contributed by atoms with Crippen LogP contribution in [-0.2, 0) is 9.47 Å². The van der Waals surface area contributed by atoms with Crippen molar-refractivity contribution in [2.75, 3.05) is 13.2 Å². The maximum Gasteiger partial charge on any atom is 0.134 e. The molecule has 2 nitrogen and oxygen atoms in total. The third-order valence-corrected chi connectivity index (χ3v) is 3.78. The van der Waals surface area contributed by atoms with Gasteiger partial charge in [-0.1, -0.05) is 33.2 Å². The van der Waals surface area contributed by atoms with E-state index < -0.39 is 0 Å². The van der Waals surface area contributed by atoms with Gasteiger partial charge in [0.15, 0.2) is 0 Å². The number of rotatable bonds is 7. The van der Waals surface area contributed by atoms with Crippen molar-refractivity contribution in [1.29, 1.82) is 0 Å². The minimum absolute atomic E-state index is 0. The molecule has 15 heavy (non-hydrogen) atoms. The number of ether oxygens (including phenoxy) is 2. The Hall–Kier alpha value is 0.354. The van der Waals surface area contributed by atoms with Crippen molar-refractivity contribution in [2.24, 2.45) is 5.41 Å². The topological polar surface area (TPSA) is 18.5 Å². The average Bonchev–Trinajstić information content (AvgIpc) is 2.02. The fourth-order valence-corrected chi connectivity index (χ4v) is 3.79. The molecule has 0 N–H and O–H groups in total. The van der Waals surface area contributed by atoms with Crippen LogP contribution in [-0.4, -0.2) is 39.6 Å².